The van der Waals surface area contributed by atoms with E-state index in [0.29, 0.717) is 5.54 Å². The monoisotopic (exact) mass is 139 g/mol. The molecule has 58 valence electrons. The molecule has 0 amide bonds. The predicted octanol–water partition coefficient (Wildman–Crippen LogP) is 1.78. The van der Waals surface area contributed by atoms with Gasteiger partial charge in [0.25, 0.3) is 0 Å². The van der Waals surface area contributed by atoms with E-state index in [4.69, 9.17) is 0 Å². The van der Waals surface area contributed by atoms with Gasteiger partial charge >= 0.3 is 0 Å². The molecule has 1 saturated heterocycles. The third kappa shape index (κ3) is 0.672. The van der Waals surface area contributed by atoms with Crippen molar-refractivity contribution in [2.45, 2.75) is 38.6 Å². The highest BCUT2D eigenvalue weighted by atomic mass is 15.1. The van der Waals surface area contributed by atoms with E-state index in [9.17, 15) is 0 Å². The smallest absolute Gasteiger partial charge is 0.0224 e. The average molecular weight is 139 g/mol. The van der Waals surface area contributed by atoms with Crippen LogP contribution in [-0.4, -0.2) is 12.1 Å². The minimum absolute atomic E-state index is 0.633. The molecule has 1 spiro atoms. The molecule has 0 aromatic rings. The van der Waals surface area contributed by atoms with Gasteiger partial charge in [-0.15, -0.1) is 0 Å². The van der Waals surface area contributed by atoms with Crippen LogP contribution < -0.4 is 5.32 Å². The van der Waals surface area contributed by atoms with Crippen LogP contribution in [0.15, 0.2) is 0 Å². The fourth-order valence-electron chi connectivity index (χ4n) is 2.49. The lowest BCUT2D eigenvalue weighted by Gasteiger charge is -2.58. The zero-order valence-corrected chi connectivity index (χ0v) is 6.98. The summed E-state index contributed by atoms with van der Waals surface area (Å²) in [7, 11) is 0. The molecular weight excluding hydrogens is 122 g/mol. The summed E-state index contributed by atoms with van der Waals surface area (Å²) in [6, 6.07) is 0. The van der Waals surface area contributed by atoms with Crippen molar-refractivity contribution in [3.63, 3.8) is 0 Å². The van der Waals surface area contributed by atoms with Crippen LogP contribution in [0.3, 0.4) is 0 Å². The Labute approximate surface area is 63.2 Å². The molecule has 1 heteroatoms. The Kier molecular flexibility index (Phi) is 1.31. The molecule has 2 rings (SSSR count). The molecule has 0 unspecified atom stereocenters. The Bertz CT molecular complexity index is 130. The van der Waals surface area contributed by atoms with Crippen molar-refractivity contribution in [1.29, 1.82) is 0 Å². The minimum Gasteiger partial charge on any atom is -0.311 e. The van der Waals surface area contributed by atoms with Crippen molar-refractivity contribution in [2.75, 3.05) is 6.54 Å². The first-order valence-electron chi connectivity index (χ1n) is 4.50. The Balaban J connectivity index is 1.99. The van der Waals surface area contributed by atoms with Crippen molar-refractivity contribution >= 4 is 0 Å². The van der Waals surface area contributed by atoms with E-state index < -0.39 is 0 Å². The van der Waals surface area contributed by atoms with E-state index in [1.165, 1.54) is 25.8 Å². The van der Waals surface area contributed by atoms with E-state index >= 15 is 0 Å². The Morgan fingerprint density at radius 2 is 2.10 bits per heavy atom. The quantitative estimate of drug-likeness (QED) is 0.584. The summed E-state index contributed by atoms with van der Waals surface area (Å²) in [5.41, 5.74) is 0.633. The number of rotatable bonds is 1. The lowest BCUT2D eigenvalue weighted by atomic mass is 9.59. The van der Waals surface area contributed by atoms with E-state index in [1.54, 1.807) is 0 Å². The molecule has 2 fully saturated rings. The maximum atomic E-state index is 3.59. The third-order valence-corrected chi connectivity index (χ3v) is 3.43. The van der Waals surface area contributed by atoms with Gasteiger partial charge in [-0.25, -0.2) is 0 Å². The van der Waals surface area contributed by atoms with Gasteiger partial charge in [0.2, 0.25) is 0 Å². The lowest BCUT2D eigenvalue weighted by molar-refractivity contribution is -0.00780. The summed E-state index contributed by atoms with van der Waals surface area (Å²) in [6.07, 6.45) is 4.34. The molecular formula is C9H17N. The van der Waals surface area contributed by atoms with Gasteiger partial charge in [0, 0.05) is 12.1 Å². The molecule has 1 aliphatic carbocycles. The third-order valence-electron chi connectivity index (χ3n) is 3.43. The summed E-state index contributed by atoms with van der Waals surface area (Å²) in [4.78, 5) is 0. The van der Waals surface area contributed by atoms with Gasteiger partial charge in [-0.3, -0.25) is 0 Å². The number of hydrogen-bond donors (Lipinski definition) is 1. The van der Waals surface area contributed by atoms with Gasteiger partial charge in [-0.2, -0.15) is 0 Å². The van der Waals surface area contributed by atoms with Crippen LogP contribution in [0, 0.1) is 11.8 Å². The number of hydrogen-bond acceptors (Lipinski definition) is 1. The second-order valence-electron chi connectivity index (χ2n) is 4.24. The molecule has 1 heterocycles. The van der Waals surface area contributed by atoms with Crippen molar-refractivity contribution in [3.05, 3.63) is 0 Å². The molecule has 1 aliphatic heterocycles. The van der Waals surface area contributed by atoms with Crippen molar-refractivity contribution in [2.24, 2.45) is 11.8 Å². The maximum Gasteiger partial charge on any atom is 0.0224 e. The SMILES string of the molecule is CC(C)[C@H]1CNC12CCC2. The van der Waals surface area contributed by atoms with Crippen LogP contribution in [-0.2, 0) is 0 Å². The largest absolute Gasteiger partial charge is 0.311 e. The van der Waals surface area contributed by atoms with Crippen molar-refractivity contribution in [3.8, 4) is 0 Å². The van der Waals surface area contributed by atoms with Gasteiger partial charge in [0.15, 0.2) is 0 Å². The number of nitrogens with one attached hydrogen (secondary N) is 1. The molecule has 1 saturated carbocycles. The predicted molar refractivity (Wildman–Crippen MR) is 42.9 cm³/mol. The molecule has 0 aromatic carbocycles. The topological polar surface area (TPSA) is 12.0 Å². The van der Waals surface area contributed by atoms with E-state index in [0.717, 1.165) is 11.8 Å². The second-order valence-corrected chi connectivity index (χ2v) is 4.24. The van der Waals surface area contributed by atoms with Crippen molar-refractivity contribution < 1.29 is 0 Å². The van der Waals surface area contributed by atoms with Crippen LogP contribution in [0.1, 0.15) is 33.1 Å². The van der Waals surface area contributed by atoms with Crippen molar-refractivity contribution in [1.82, 2.24) is 5.32 Å². The van der Waals surface area contributed by atoms with Gasteiger partial charge in [0.1, 0.15) is 0 Å². The van der Waals surface area contributed by atoms with Crippen LogP contribution in [0.25, 0.3) is 0 Å². The summed E-state index contributed by atoms with van der Waals surface area (Å²) in [5, 5.41) is 3.59. The van der Waals surface area contributed by atoms with Gasteiger partial charge in [-0.1, -0.05) is 13.8 Å². The maximum absolute atomic E-state index is 3.59. The lowest BCUT2D eigenvalue weighted by Crippen LogP contribution is -2.70. The fraction of sp³-hybridized carbons (Fsp3) is 1.00. The highest BCUT2D eigenvalue weighted by molar-refractivity contribution is 5.09. The molecule has 0 aromatic heterocycles. The Morgan fingerprint density at radius 3 is 2.20 bits per heavy atom. The Morgan fingerprint density at radius 1 is 1.40 bits per heavy atom. The molecule has 0 bridgehead atoms. The van der Waals surface area contributed by atoms with E-state index in [1.807, 2.05) is 0 Å². The Hall–Kier alpha value is -0.0400. The normalized spacial score (nSPS) is 35.7. The zero-order valence-electron chi connectivity index (χ0n) is 6.98. The summed E-state index contributed by atoms with van der Waals surface area (Å²) in [6.45, 7) is 5.98. The summed E-state index contributed by atoms with van der Waals surface area (Å²) in [5.74, 6) is 1.88. The fourth-order valence-corrected chi connectivity index (χ4v) is 2.49. The van der Waals surface area contributed by atoms with Gasteiger partial charge in [0.05, 0.1) is 0 Å². The minimum atomic E-state index is 0.633. The molecule has 0 radical (unpaired) electrons. The molecule has 10 heavy (non-hydrogen) atoms. The highest BCUT2D eigenvalue weighted by Gasteiger charge is 2.51. The van der Waals surface area contributed by atoms with Crippen LogP contribution in [0.2, 0.25) is 0 Å². The first-order valence-corrected chi connectivity index (χ1v) is 4.50. The molecule has 1 atom stereocenters. The highest BCUT2D eigenvalue weighted by Crippen LogP contribution is 2.46. The first-order chi connectivity index (χ1) is 4.75. The van der Waals surface area contributed by atoms with E-state index in [-0.39, 0.29) is 0 Å². The summed E-state index contributed by atoms with van der Waals surface area (Å²) < 4.78 is 0. The second kappa shape index (κ2) is 1.97. The standard InChI is InChI=1S/C9H17N/c1-7(2)8-6-10-9(8)4-3-5-9/h7-8,10H,3-6H2,1-2H3/t8-/m1/s1. The van der Waals surface area contributed by atoms with Crippen LogP contribution in [0.5, 0.6) is 0 Å². The average Bonchev–Trinajstić information content (AvgIpc) is 1.53. The van der Waals surface area contributed by atoms with Gasteiger partial charge in [-0.05, 0) is 31.1 Å². The summed E-state index contributed by atoms with van der Waals surface area (Å²) >= 11 is 0. The molecule has 1 N–H and O–H groups in total. The zero-order chi connectivity index (χ0) is 7.19. The molecule has 2 aliphatic rings. The van der Waals surface area contributed by atoms with Gasteiger partial charge < -0.3 is 5.32 Å². The molecule has 1 nitrogen and oxygen atoms in total. The first kappa shape index (κ1) is 6.66. The van der Waals surface area contributed by atoms with E-state index in [2.05, 4.69) is 19.2 Å². The van der Waals surface area contributed by atoms with Crippen LogP contribution in [0.4, 0.5) is 0 Å². The van der Waals surface area contributed by atoms with Crippen LogP contribution >= 0.6 is 0 Å².